The van der Waals surface area contributed by atoms with Crippen LogP contribution in [0.5, 0.6) is 0 Å². The molecule has 1 N–H and O–H groups in total. The fraction of sp³-hybridized carbons (Fsp3) is 0.182. The predicted molar refractivity (Wildman–Crippen MR) is 148 cm³/mol. The molecule has 1 atom stereocenters. The molecule has 0 aliphatic rings. The van der Waals surface area contributed by atoms with Crippen molar-refractivity contribution in [3.05, 3.63) is 119 Å². The maximum atomic E-state index is 12.9. The van der Waals surface area contributed by atoms with Crippen LogP contribution >= 0.6 is 0 Å². The second-order valence-electron chi connectivity index (χ2n) is 9.42. The Labute approximate surface area is 223 Å². The lowest BCUT2D eigenvalue weighted by molar-refractivity contribution is -0.148. The molecule has 4 aromatic carbocycles. The molecule has 0 amide bonds. The van der Waals surface area contributed by atoms with E-state index in [9.17, 15) is 15.3 Å². The summed E-state index contributed by atoms with van der Waals surface area (Å²) in [5, 5.41) is 22.1. The molecule has 4 rings (SSSR count). The van der Waals surface area contributed by atoms with Gasteiger partial charge in [0.2, 0.25) is 0 Å². The molecule has 0 radical (unpaired) electrons. The fourth-order valence-electron chi connectivity index (χ4n) is 4.31. The van der Waals surface area contributed by atoms with E-state index in [-0.39, 0.29) is 18.5 Å². The summed E-state index contributed by atoms with van der Waals surface area (Å²) in [4.78, 5) is 12.9. The molecule has 0 aliphatic carbocycles. The normalized spacial score (nSPS) is 11.4. The van der Waals surface area contributed by atoms with Crippen LogP contribution in [0.4, 0.5) is 0 Å². The lowest BCUT2D eigenvalue weighted by Crippen LogP contribution is -2.41. The van der Waals surface area contributed by atoms with Crippen molar-refractivity contribution in [3.8, 4) is 34.4 Å². The number of hydrogen-bond acceptors (Lipinski definition) is 5. The van der Waals surface area contributed by atoms with E-state index in [0.717, 1.165) is 33.4 Å². The van der Waals surface area contributed by atoms with Crippen LogP contribution in [-0.2, 0) is 22.7 Å². The lowest BCUT2D eigenvalue weighted by Gasteiger charge is -2.21. The van der Waals surface area contributed by atoms with E-state index in [4.69, 9.17) is 4.74 Å². The molecule has 5 nitrogen and oxygen atoms in total. The van der Waals surface area contributed by atoms with Crippen LogP contribution in [0.1, 0.15) is 36.1 Å². The minimum atomic E-state index is -0.448. The summed E-state index contributed by atoms with van der Waals surface area (Å²) in [6, 6.07) is 34.7. The van der Waals surface area contributed by atoms with Crippen molar-refractivity contribution in [2.75, 3.05) is 0 Å². The number of ether oxygens (including phenoxy) is 1. The first-order valence-electron chi connectivity index (χ1n) is 12.6. The van der Waals surface area contributed by atoms with Gasteiger partial charge in [-0.25, -0.2) is 0 Å². The molecule has 0 aliphatic heterocycles. The summed E-state index contributed by atoms with van der Waals surface area (Å²) in [7, 11) is 0. The van der Waals surface area contributed by atoms with E-state index < -0.39 is 6.04 Å². The third-order valence-electron chi connectivity index (χ3n) is 6.45. The van der Waals surface area contributed by atoms with Gasteiger partial charge in [-0.05, 0) is 51.4 Å². The Hall–Kier alpha value is -4.71. The predicted octanol–water partition coefficient (Wildman–Crippen LogP) is 6.62. The highest BCUT2D eigenvalue weighted by Gasteiger charge is 2.23. The largest absolute Gasteiger partial charge is 0.460 e. The second-order valence-corrected chi connectivity index (χ2v) is 9.42. The highest BCUT2D eigenvalue weighted by molar-refractivity contribution is 5.76. The Kier molecular flexibility index (Phi) is 8.67. The zero-order valence-corrected chi connectivity index (χ0v) is 21.5. The number of carbonyl (C=O) groups is 1. The molecule has 0 heterocycles. The Morgan fingerprint density at radius 3 is 1.68 bits per heavy atom. The average Bonchev–Trinajstić information content (AvgIpc) is 2.96. The van der Waals surface area contributed by atoms with Crippen molar-refractivity contribution < 1.29 is 9.53 Å². The van der Waals surface area contributed by atoms with Crippen LogP contribution in [0.3, 0.4) is 0 Å². The highest BCUT2D eigenvalue weighted by atomic mass is 16.5. The SMILES string of the molecule is CC(C)[C@H](NCc1ccc(-c2ccccc2C#N)cc1)C(=O)OCc1ccc(-c2ccccc2C#N)cc1. The molecule has 188 valence electrons. The Morgan fingerprint density at radius 1 is 0.737 bits per heavy atom. The zero-order valence-electron chi connectivity index (χ0n) is 21.5. The van der Waals surface area contributed by atoms with E-state index in [1.165, 1.54) is 0 Å². The van der Waals surface area contributed by atoms with Crippen LogP contribution in [0.15, 0.2) is 97.1 Å². The first kappa shape index (κ1) is 26.4. The van der Waals surface area contributed by atoms with Gasteiger partial charge < -0.3 is 10.1 Å². The first-order valence-corrected chi connectivity index (χ1v) is 12.6. The van der Waals surface area contributed by atoms with Gasteiger partial charge in [-0.1, -0.05) is 98.8 Å². The lowest BCUT2D eigenvalue weighted by atomic mass is 9.99. The fourth-order valence-corrected chi connectivity index (χ4v) is 4.31. The second kappa shape index (κ2) is 12.5. The highest BCUT2D eigenvalue weighted by Crippen LogP contribution is 2.25. The number of nitrogens with one attached hydrogen (secondary N) is 1. The molecule has 0 spiro atoms. The third kappa shape index (κ3) is 6.34. The number of hydrogen-bond donors (Lipinski definition) is 1. The number of nitriles is 2. The van der Waals surface area contributed by atoms with Crippen molar-refractivity contribution in [1.29, 1.82) is 10.5 Å². The monoisotopic (exact) mass is 499 g/mol. The molecule has 0 fully saturated rings. The number of esters is 1. The molecule has 0 aromatic heterocycles. The van der Waals surface area contributed by atoms with Gasteiger partial charge in [0.05, 0.1) is 23.3 Å². The molecular weight excluding hydrogens is 470 g/mol. The van der Waals surface area contributed by atoms with E-state index in [1.807, 2.05) is 105 Å². The van der Waals surface area contributed by atoms with E-state index in [1.54, 1.807) is 6.07 Å². The van der Waals surface area contributed by atoms with Crippen LogP contribution in [0, 0.1) is 28.6 Å². The Morgan fingerprint density at radius 2 is 1.21 bits per heavy atom. The minimum absolute atomic E-state index is 0.0501. The van der Waals surface area contributed by atoms with Crippen molar-refractivity contribution in [2.45, 2.75) is 33.0 Å². The van der Waals surface area contributed by atoms with Gasteiger partial charge in [0, 0.05) is 6.54 Å². The maximum Gasteiger partial charge on any atom is 0.323 e. The van der Waals surface area contributed by atoms with Crippen LogP contribution < -0.4 is 5.32 Å². The summed E-state index contributed by atoms with van der Waals surface area (Å²) >= 11 is 0. The standard InChI is InChI=1S/C33H29N3O2/c1-23(2)32(36-21-24-11-15-26(16-12-24)30-9-5-3-7-28(30)19-34)33(37)38-22-25-13-17-27(18-14-25)31-10-6-4-8-29(31)20-35/h3-18,23,32,36H,21-22H2,1-2H3/t32-/m0/s1. The van der Waals surface area contributed by atoms with Gasteiger partial charge in [0.25, 0.3) is 0 Å². The van der Waals surface area contributed by atoms with Gasteiger partial charge >= 0.3 is 5.97 Å². The summed E-state index contributed by atoms with van der Waals surface area (Å²) in [5.74, 6) is -0.243. The van der Waals surface area contributed by atoms with E-state index >= 15 is 0 Å². The smallest absolute Gasteiger partial charge is 0.323 e. The molecule has 4 aromatic rings. The first-order chi connectivity index (χ1) is 18.5. The molecular formula is C33H29N3O2. The van der Waals surface area contributed by atoms with Crippen LogP contribution in [0.25, 0.3) is 22.3 Å². The number of rotatable bonds is 9. The maximum absolute atomic E-state index is 12.9. The third-order valence-corrected chi connectivity index (χ3v) is 6.45. The molecule has 0 saturated heterocycles. The van der Waals surface area contributed by atoms with Crippen LogP contribution in [0.2, 0.25) is 0 Å². The van der Waals surface area contributed by atoms with Crippen molar-refractivity contribution in [3.63, 3.8) is 0 Å². The summed E-state index contributed by atoms with van der Waals surface area (Å²) < 4.78 is 5.65. The molecule has 0 saturated carbocycles. The summed E-state index contributed by atoms with van der Waals surface area (Å²) in [6.45, 7) is 4.67. The summed E-state index contributed by atoms with van der Waals surface area (Å²) in [6.07, 6.45) is 0. The Balaban J connectivity index is 1.34. The van der Waals surface area contributed by atoms with Crippen LogP contribution in [-0.4, -0.2) is 12.0 Å². The quantitative estimate of drug-likeness (QED) is 0.262. The molecule has 0 bridgehead atoms. The van der Waals surface area contributed by atoms with Gasteiger partial charge in [-0.15, -0.1) is 0 Å². The molecule has 0 unspecified atom stereocenters. The topological polar surface area (TPSA) is 85.9 Å². The van der Waals surface area contributed by atoms with Crippen molar-refractivity contribution >= 4 is 5.97 Å². The summed E-state index contributed by atoms with van der Waals surface area (Å²) in [5.41, 5.74) is 6.89. The van der Waals surface area contributed by atoms with Crippen molar-refractivity contribution in [1.82, 2.24) is 5.32 Å². The number of nitrogens with zero attached hydrogens (tertiary/aromatic N) is 2. The van der Waals surface area contributed by atoms with E-state index in [0.29, 0.717) is 17.7 Å². The number of carbonyl (C=O) groups excluding carboxylic acids is 1. The minimum Gasteiger partial charge on any atom is -0.460 e. The van der Waals surface area contributed by atoms with Gasteiger partial charge in [-0.3, -0.25) is 4.79 Å². The van der Waals surface area contributed by atoms with Gasteiger partial charge in [0.15, 0.2) is 0 Å². The average molecular weight is 500 g/mol. The van der Waals surface area contributed by atoms with Gasteiger partial charge in [0.1, 0.15) is 12.6 Å². The Bertz CT molecular complexity index is 1480. The van der Waals surface area contributed by atoms with Gasteiger partial charge in [-0.2, -0.15) is 10.5 Å². The molecule has 38 heavy (non-hydrogen) atoms. The van der Waals surface area contributed by atoms with E-state index in [2.05, 4.69) is 17.5 Å². The van der Waals surface area contributed by atoms with Crippen molar-refractivity contribution in [2.24, 2.45) is 5.92 Å². The molecule has 5 heteroatoms. The zero-order chi connectivity index (χ0) is 26.9. The number of benzene rings is 4.